The third-order valence-electron chi connectivity index (χ3n) is 3.09. The maximum atomic E-state index is 11.8. The van der Waals surface area contributed by atoms with Crippen LogP contribution >= 0.6 is 23.2 Å². The van der Waals surface area contributed by atoms with Gasteiger partial charge in [0, 0.05) is 5.56 Å². The van der Waals surface area contributed by atoms with Crippen LogP contribution in [0.3, 0.4) is 0 Å². The molecule has 0 aliphatic heterocycles. The molecule has 0 atom stereocenters. The van der Waals surface area contributed by atoms with Gasteiger partial charge in [-0.25, -0.2) is 5.43 Å². The molecule has 4 nitrogen and oxygen atoms in total. The molecule has 0 unspecified atom stereocenters. The number of aryl methyl sites for hydroxylation is 2. The summed E-state index contributed by atoms with van der Waals surface area (Å²) >= 11 is 12.0. The van der Waals surface area contributed by atoms with Gasteiger partial charge in [0.1, 0.15) is 5.75 Å². The summed E-state index contributed by atoms with van der Waals surface area (Å²) in [6.07, 6.45) is 1.40. The lowest BCUT2D eigenvalue weighted by Gasteiger charge is -2.08. The number of carbonyl (C=O) groups excluding carboxylic acids is 1. The van der Waals surface area contributed by atoms with Crippen molar-refractivity contribution >= 4 is 35.3 Å². The van der Waals surface area contributed by atoms with E-state index in [1.807, 2.05) is 32.0 Å². The van der Waals surface area contributed by atoms with E-state index in [4.69, 9.17) is 27.9 Å². The Morgan fingerprint density at radius 3 is 2.61 bits per heavy atom. The fourth-order valence-corrected chi connectivity index (χ4v) is 2.34. The van der Waals surface area contributed by atoms with E-state index in [9.17, 15) is 4.79 Å². The Bertz CT molecular complexity index is 725. The van der Waals surface area contributed by atoms with Crippen LogP contribution in [0.15, 0.2) is 41.5 Å². The van der Waals surface area contributed by atoms with Crippen LogP contribution in [0.1, 0.15) is 16.7 Å². The number of benzene rings is 2. The van der Waals surface area contributed by atoms with Gasteiger partial charge in [-0.3, -0.25) is 4.79 Å². The average Bonchev–Trinajstić information content (AvgIpc) is 2.51. The molecule has 0 heterocycles. The molecular formula is C17H16Cl2N2O2. The minimum Gasteiger partial charge on any atom is -0.483 e. The molecule has 120 valence electrons. The first-order chi connectivity index (χ1) is 11.0. The molecule has 0 aromatic heterocycles. The van der Waals surface area contributed by atoms with E-state index < -0.39 is 0 Å². The molecule has 2 rings (SSSR count). The van der Waals surface area contributed by atoms with E-state index in [0.29, 0.717) is 21.4 Å². The molecule has 6 heteroatoms. The number of carbonyl (C=O) groups is 1. The summed E-state index contributed by atoms with van der Waals surface area (Å²) in [5, 5.41) is 4.76. The van der Waals surface area contributed by atoms with Gasteiger partial charge < -0.3 is 4.74 Å². The standard InChI is InChI=1S/C17H16Cl2N2O2/c1-11-6-7-12(2)16(8-11)23-10-17(22)21-20-9-13-14(18)4-3-5-15(13)19/h3-9H,10H2,1-2H3,(H,21,22)/b20-9+. The highest BCUT2D eigenvalue weighted by atomic mass is 35.5. The molecule has 2 aromatic rings. The van der Waals surface area contributed by atoms with Crippen molar-refractivity contribution in [1.82, 2.24) is 5.43 Å². The maximum Gasteiger partial charge on any atom is 0.277 e. The molecule has 0 fully saturated rings. The molecule has 0 aliphatic carbocycles. The molecule has 0 aliphatic rings. The van der Waals surface area contributed by atoms with Gasteiger partial charge in [0.15, 0.2) is 6.61 Å². The summed E-state index contributed by atoms with van der Waals surface area (Å²) in [6, 6.07) is 10.9. The quantitative estimate of drug-likeness (QED) is 0.650. The number of amides is 1. The van der Waals surface area contributed by atoms with Crippen LogP contribution in [0, 0.1) is 13.8 Å². The summed E-state index contributed by atoms with van der Waals surface area (Å²) in [7, 11) is 0. The van der Waals surface area contributed by atoms with Gasteiger partial charge in [-0.2, -0.15) is 5.10 Å². The van der Waals surface area contributed by atoms with Gasteiger partial charge in [0.05, 0.1) is 16.3 Å². The number of nitrogens with zero attached hydrogens (tertiary/aromatic N) is 1. The molecule has 0 spiro atoms. The predicted molar refractivity (Wildman–Crippen MR) is 93.6 cm³/mol. The molecule has 0 saturated heterocycles. The van der Waals surface area contributed by atoms with Gasteiger partial charge >= 0.3 is 0 Å². The zero-order chi connectivity index (χ0) is 16.8. The third kappa shape index (κ3) is 4.98. The molecular weight excluding hydrogens is 335 g/mol. The van der Waals surface area contributed by atoms with Crippen molar-refractivity contribution < 1.29 is 9.53 Å². The summed E-state index contributed by atoms with van der Waals surface area (Å²) < 4.78 is 5.49. The van der Waals surface area contributed by atoms with Crippen molar-refractivity contribution in [3.05, 3.63) is 63.1 Å². The van der Waals surface area contributed by atoms with E-state index >= 15 is 0 Å². The Labute approximate surface area is 145 Å². The minimum atomic E-state index is -0.370. The van der Waals surface area contributed by atoms with Crippen LogP contribution in [0.2, 0.25) is 10.0 Å². The number of nitrogens with one attached hydrogen (secondary N) is 1. The first kappa shape index (κ1) is 17.3. The van der Waals surface area contributed by atoms with E-state index in [1.54, 1.807) is 18.2 Å². The molecule has 0 saturated carbocycles. The van der Waals surface area contributed by atoms with Crippen molar-refractivity contribution in [2.45, 2.75) is 13.8 Å². The lowest BCUT2D eigenvalue weighted by atomic mass is 10.1. The van der Waals surface area contributed by atoms with Crippen molar-refractivity contribution in [3.63, 3.8) is 0 Å². The Balaban J connectivity index is 1.90. The van der Waals surface area contributed by atoms with Crippen molar-refractivity contribution in [2.24, 2.45) is 5.10 Å². The Hall–Kier alpha value is -2.04. The van der Waals surface area contributed by atoms with E-state index in [1.165, 1.54) is 6.21 Å². The number of ether oxygens (including phenoxy) is 1. The molecule has 1 amide bonds. The van der Waals surface area contributed by atoms with Crippen LogP contribution < -0.4 is 10.2 Å². The van der Waals surface area contributed by atoms with Gasteiger partial charge in [0.2, 0.25) is 0 Å². The van der Waals surface area contributed by atoms with E-state index in [2.05, 4.69) is 10.5 Å². The number of rotatable bonds is 5. The van der Waals surface area contributed by atoms with Gasteiger partial charge in [0.25, 0.3) is 5.91 Å². The number of hydrazone groups is 1. The SMILES string of the molecule is Cc1ccc(C)c(OCC(=O)N/N=C/c2c(Cl)cccc2Cl)c1. The maximum absolute atomic E-state index is 11.8. The summed E-state index contributed by atoms with van der Waals surface area (Å²) in [5.74, 6) is 0.309. The number of hydrogen-bond acceptors (Lipinski definition) is 3. The van der Waals surface area contributed by atoms with Gasteiger partial charge in [-0.05, 0) is 43.2 Å². The second-order valence-electron chi connectivity index (χ2n) is 4.99. The van der Waals surface area contributed by atoms with Crippen LogP contribution in [0.5, 0.6) is 5.75 Å². The zero-order valence-corrected chi connectivity index (χ0v) is 14.3. The molecule has 0 radical (unpaired) electrons. The summed E-state index contributed by atoms with van der Waals surface area (Å²) in [5.41, 5.74) is 4.96. The Kier molecular flexibility index (Phi) is 6.02. The zero-order valence-electron chi connectivity index (χ0n) is 12.8. The molecule has 1 N–H and O–H groups in total. The second kappa shape index (κ2) is 7.99. The number of hydrogen-bond donors (Lipinski definition) is 1. The lowest BCUT2D eigenvalue weighted by molar-refractivity contribution is -0.123. The van der Waals surface area contributed by atoms with Crippen LogP contribution in [-0.4, -0.2) is 18.7 Å². The monoisotopic (exact) mass is 350 g/mol. The summed E-state index contributed by atoms with van der Waals surface area (Å²) in [4.78, 5) is 11.8. The summed E-state index contributed by atoms with van der Waals surface area (Å²) in [6.45, 7) is 3.76. The fraction of sp³-hybridized carbons (Fsp3) is 0.176. The number of halogens is 2. The van der Waals surface area contributed by atoms with Gasteiger partial charge in [-0.1, -0.05) is 41.4 Å². The highest BCUT2D eigenvalue weighted by molar-refractivity contribution is 6.38. The fourth-order valence-electron chi connectivity index (χ4n) is 1.84. The largest absolute Gasteiger partial charge is 0.483 e. The highest BCUT2D eigenvalue weighted by Crippen LogP contribution is 2.22. The van der Waals surface area contributed by atoms with Crippen molar-refractivity contribution in [1.29, 1.82) is 0 Å². The smallest absolute Gasteiger partial charge is 0.277 e. The Morgan fingerprint density at radius 1 is 1.22 bits per heavy atom. The molecule has 23 heavy (non-hydrogen) atoms. The molecule has 2 aromatic carbocycles. The normalized spacial score (nSPS) is 10.8. The van der Waals surface area contributed by atoms with Gasteiger partial charge in [-0.15, -0.1) is 0 Å². The Morgan fingerprint density at radius 2 is 1.91 bits per heavy atom. The van der Waals surface area contributed by atoms with Crippen LogP contribution in [0.25, 0.3) is 0 Å². The third-order valence-corrected chi connectivity index (χ3v) is 3.74. The average molecular weight is 351 g/mol. The predicted octanol–water partition coefficient (Wildman–Crippen LogP) is 4.14. The second-order valence-corrected chi connectivity index (χ2v) is 5.80. The van der Waals surface area contributed by atoms with Crippen molar-refractivity contribution in [2.75, 3.05) is 6.61 Å². The topological polar surface area (TPSA) is 50.7 Å². The first-order valence-electron chi connectivity index (χ1n) is 6.93. The lowest BCUT2D eigenvalue weighted by Crippen LogP contribution is -2.24. The van der Waals surface area contributed by atoms with Crippen LogP contribution in [0.4, 0.5) is 0 Å². The highest BCUT2D eigenvalue weighted by Gasteiger charge is 2.05. The van der Waals surface area contributed by atoms with E-state index in [-0.39, 0.29) is 12.5 Å². The molecule has 0 bridgehead atoms. The minimum absolute atomic E-state index is 0.127. The van der Waals surface area contributed by atoms with Crippen molar-refractivity contribution in [3.8, 4) is 5.75 Å². The first-order valence-corrected chi connectivity index (χ1v) is 7.69. The van der Waals surface area contributed by atoms with Crippen LogP contribution in [-0.2, 0) is 4.79 Å². The van der Waals surface area contributed by atoms with E-state index in [0.717, 1.165) is 11.1 Å².